The van der Waals surface area contributed by atoms with E-state index in [0.29, 0.717) is 48.7 Å². The van der Waals surface area contributed by atoms with E-state index in [-0.39, 0.29) is 23.4 Å². The molecule has 0 N–H and O–H groups in total. The van der Waals surface area contributed by atoms with Crippen LogP contribution in [0.1, 0.15) is 10.4 Å². The van der Waals surface area contributed by atoms with Crippen molar-refractivity contribution in [2.45, 2.75) is 0 Å². The van der Waals surface area contributed by atoms with Gasteiger partial charge in [0.05, 0.1) is 11.1 Å². The molecule has 0 unspecified atom stereocenters. The zero-order valence-electron chi connectivity index (χ0n) is 17.6. The molecule has 1 aromatic heterocycles. The van der Waals surface area contributed by atoms with Crippen LogP contribution in [0.3, 0.4) is 0 Å². The average Bonchev–Trinajstić information content (AvgIpc) is 3.35. The van der Waals surface area contributed by atoms with Crippen LogP contribution in [0, 0.1) is 11.6 Å². The zero-order chi connectivity index (χ0) is 22.8. The summed E-state index contributed by atoms with van der Waals surface area (Å²) in [7, 11) is 0. The van der Waals surface area contributed by atoms with Gasteiger partial charge in [-0.2, -0.15) is 4.98 Å². The Hall–Kier alpha value is -4.07. The normalized spacial score (nSPS) is 13.9. The molecule has 3 aromatic carbocycles. The monoisotopic (exact) mass is 446 g/mol. The van der Waals surface area contributed by atoms with Gasteiger partial charge in [0.25, 0.3) is 11.8 Å². The smallest absolute Gasteiger partial charge is 0.259 e. The van der Waals surface area contributed by atoms with Crippen LogP contribution in [0.4, 0.5) is 14.5 Å². The van der Waals surface area contributed by atoms with Crippen molar-refractivity contribution < 1.29 is 18.1 Å². The third-order valence-corrected chi connectivity index (χ3v) is 5.67. The predicted octanol–water partition coefficient (Wildman–Crippen LogP) is 4.64. The Bertz CT molecular complexity index is 1260. The highest BCUT2D eigenvalue weighted by Crippen LogP contribution is 2.27. The van der Waals surface area contributed by atoms with E-state index < -0.39 is 0 Å². The number of hydrogen-bond acceptors (Lipinski definition) is 5. The van der Waals surface area contributed by atoms with Crippen molar-refractivity contribution in [1.29, 1.82) is 0 Å². The molecule has 2 heterocycles. The first-order valence-electron chi connectivity index (χ1n) is 10.6. The molecule has 0 spiro atoms. The number of benzene rings is 3. The van der Waals surface area contributed by atoms with Crippen LogP contribution in [0.2, 0.25) is 0 Å². The van der Waals surface area contributed by atoms with Gasteiger partial charge in [-0.05, 0) is 60.7 Å². The van der Waals surface area contributed by atoms with E-state index in [4.69, 9.17) is 4.52 Å². The highest BCUT2D eigenvalue weighted by Gasteiger charge is 2.26. The number of piperazine rings is 1. The van der Waals surface area contributed by atoms with Gasteiger partial charge in [0.2, 0.25) is 5.82 Å². The molecule has 5 rings (SSSR count). The highest BCUT2D eigenvalue weighted by molar-refractivity contribution is 6.00. The molecule has 1 aliphatic rings. The Morgan fingerprint density at radius 2 is 1.45 bits per heavy atom. The molecule has 4 aromatic rings. The van der Waals surface area contributed by atoms with Crippen molar-refractivity contribution >= 4 is 11.6 Å². The van der Waals surface area contributed by atoms with Crippen LogP contribution in [0.25, 0.3) is 22.8 Å². The van der Waals surface area contributed by atoms with E-state index >= 15 is 0 Å². The van der Waals surface area contributed by atoms with Crippen LogP contribution in [-0.4, -0.2) is 47.1 Å². The lowest BCUT2D eigenvalue weighted by molar-refractivity contribution is 0.0747. The second kappa shape index (κ2) is 8.82. The van der Waals surface area contributed by atoms with Crippen molar-refractivity contribution in [1.82, 2.24) is 15.0 Å². The molecular weight excluding hydrogens is 426 g/mol. The van der Waals surface area contributed by atoms with E-state index in [9.17, 15) is 13.6 Å². The Labute approximate surface area is 189 Å². The number of carbonyl (C=O) groups excluding carboxylic acids is 1. The van der Waals surface area contributed by atoms with E-state index in [1.807, 2.05) is 0 Å². The highest BCUT2D eigenvalue weighted by atomic mass is 19.1. The van der Waals surface area contributed by atoms with Crippen LogP contribution in [0.5, 0.6) is 0 Å². The Balaban J connectivity index is 1.33. The fraction of sp³-hybridized carbons (Fsp3) is 0.160. The number of hydrogen-bond donors (Lipinski definition) is 0. The number of carbonyl (C=O) groups is 1. The molecule has 8 heteroatoms. The first-order chi connectivity index (χ1) is 16.1. The second-order valence-electron chi connectivity index (χ2n) is 7.73. The maximum Gasteiger partial charge on any atom is 0.259 e. The van der Waals surface area contributed by atoms with E-state index in [0.717, 1.165) is 5.69 Å². The molecule has 0 bridgehead atoms. The largest absolute Gasteiger partial charge is 0.368 e. The minimum Gasteiger partial charge on any atom is -0.368 e. The van der Waals surface area contributed by atoms with Gasteiger partial charge in [0.1, 0.15) is 11.6 Å². The molecule has 0 saturated carbocycles. The molecule has 1 fully saturated rings. The summed E-state index contributed by atoms with van der Waals surface area (Å²) in [6.07, 6.45) is 0. The summed E-state index contributed by atoms with van der Waals surface area (Å²) in [5.41, 5.74) is 2.57. The molecule has 6 nitrogen and oxygen atoms in total. The maximum atomic E-state index is 13.3. The van der Waals surface area contributed by atoms with Gasteiger partial charge < -0.3 is 14.3 Å². The van der Waals surface area contributed by atoms with Crippen LogP contribution >= 0.6 is 0 Å². The topological polar surface area (TPSA) is 62.5 Å². The number of rotatable bonds is 4. The predicted molar refractivity (Wildman–Crippen MR) is 120 cm³/mol. The lowest BCUT2D eigenvalue weighted by Crippen LogP contribution is -2.48. The summed E-state index contributed by atoms with van der Waals surface area (Å²) >= 11 is 0. The van der Waals surface area contributed by atoms with Gasteiger partial charge in [0.15, 0.2) is 0 Å². The molecule has 0 atom stereocenters. The fourth-order valence-electron chi connectivity index (χ4n) is 3.90. The summed E-state index contributed by atoms with van der Waals surface area (Å²) in [4.78, 5) is 21.7. The van der Waals surface area contributed by atoms with Crippen LogP contribution in [-0.2, 0) is 0 Å². The molecule has 1 aliphatic heterocycles. The van der Waals surface area contributed by atoms with Gasteiger partial charge in [-0.3, -0.25) is 4.79 Å². The van der Waals surface area contributed by atoms with Crippen molar-refractivity contribution in [3.63, 3.8) is 0 Å². The Morgan fingerprint density at radius 3 is 2.15 bits per heavy atom. The van der Waals surface area contributed by atoms with Gasteiger partial charge in [-0.1, -0.05) is 17.3 Å². The van der Waals surface area contributed by atoms with E-state index in [1.165, 1.54) is 24.3 Å². The first kappa shape index (κ1) is 20.8. The van der Waals surface area contributed by atoms with Crippen LogP contribution in [0.15, 0.2) is 77.3 Å². The third-order valence-electron chi connectivity index (χ3n) is 5.67. The summed E-state index contributed by atoms with van der Waals surface area (Å²) in [5.74, 6) is -0.194. The molecule has 166 valence electrons. The van der Waals surface area contributed by atoms with Gasteiger partial charge in [-0.15, -0.1) is 0 Å². The Morgan fingerprint density at radius 1 is 0.818 bits per heavy atom. The zero-order valence-corrected chi connectivity index (χ0v) is 17.6. The first-order valence-corrected chi connectivity index (χ1v) is 10.6. The van der Waals surface area contributed by atoms with Crippen molar-refractivity contribution in [2.24, 2.45) is 0 Å². The number of amides is 1. The summed E-state index contributed by atoms with van der Waals surface area (Å²) in [5, 5.41) is 3.99. The number of aromatic nitrogens is 2. The minimum atomic E-state index is -0.349. The molecule has 33 heavy (non-hydrogen) atoms. The molecule has 0 aliphatic carbocycles. The second-order valence-corrected chi connectivity index (χ2v) is 7.73. The van der Waals surface area contributed by atoms with Gasteiger partial charge >= 0.3 is 0 Å². The Kier molecular flexibility index (Phi) is 5.56. The van der Waals surface area contributed by atoms with Crippen molar-refractivity contribution in [2.75, 3.05) is 31.1 Å². The number of nitrogens with zero attached hydrogens (tertiary/aromatic N) is 4. The third kappa shape index (κ3) is 4.32. The summed E-state index contributed by atoms with van der Waals surface area (Å²) < 4.78 is 31.8. The van der Waals surface area contributed by atoms with Crippen molar-refractivity contribution in [3.05, 3.63) is 90.0 Å². The minimum absolute atomic E-state index is 0.120. The summed E-state index contributed by atoms with van der Waals surface area (Å²) in [6.45, 7) is 2.37. The van der Waals surface area contributed by atoms with E-state index in [1.54, 1.807) is 53.4 Å². The van der Waals surface area contributed by atoms with Gasteiger partial charge in [-0.25, -0.2) is 8.78 Å². The molecule has 1 saturated heterocycles. The van der Waals surface area contributed by atoms with Crippen molar-refractivity contribution in [3.8, 4) is 22.8 Å². The average molecular weight is 446 g/mol. The molecular formula is C25H20F2N4O2. The summed E-state index contributed by atoms with van der Waals surface area (Å²) in [6, 6.07) is 19.3. The molecule has 0 radical (unpaired) electrons. The maximum absolute atomic E-state index is 13.3. The van der Waals surface area contributed by atoms with Gasteiger partial charge in [0, 0.05) is 37.4 Å². The SMILES string of the molecule is O=C(c1ccccc1-c1nc(-c2ccc(F)cc2)no1)N1CCN(c2ccc(F)cc2)CC1. The number of halogens is 2. The standard InChI is InChI=1S/C25H20F2N4O2/c26-18-7-5-17(6-8-18)23-28-24(33-29-23)21-3-1-2-4-22(21)25(32)31-15-13-30(14-16-31)20-11-9-19(27)10-12-20/h1-12H,13-16H2. The number of anilines is 1. The lowest BCUT2D eigenvalue weighted by atomic mass is 10.1. The lowest BCUT2D eigenvalue weighted by Gasteiger charge is -2.36. The van der Waals surface area contributed by atoms with Crippen LogP contribution < -0.4 is 4.90 Å². The quantitative estimate of drug-likeness (QED) is 0.457. The van der Waals surface area contributed by atoms with E-state index in [2.05, 4.69) is 15.0 Å². The fourth-order valence-corrected chi connectivity index (χ4v) is 3.90. The molecule has 1 amide bonds.